The van der Waals surface area contributed by atoms with Crippen LogP contribution in [0.2, 0.25) is 5.02 Å². The Bertz CT molecular complexity index is 970. The van der Waals surface area contributed by atoms with Crippen LogP contribution >= 0.6 is 27.5 Å². The van der Waals surface area contributed by atoms with Crippen LogP contribution in [-0.2, 0) is 16.0 Å². The van der Waals surface area contributed by atoms with E-state index in [1.54, 1.807) is 18.2 Å². The molecule has 0 saturated carbocycles. The Kier molecular flexibility index (Phi) is 5.64. The number of hydrogen-bond donors (Lipinski definition) is 3. The van der Waals surface area contributed by atoms with Crippen LogP contribution in [0.4, 0.5) is 5.69 Å². The molecule has 0 fully saturated rings. The first-order valence-corrected chi connectivity index (χ1v) is 9.19. The van der Waals surface area contributed by atoms with Gasteiger partial charge in [0.25, 0.3) is 0 Å². The molecule has 0 radical (unpaired) electrons. The largest absolute Gasteiger partial charge is 0.361 e. The number of benzene rings is 2. The predicted octanol–water partition coefficient (Wildman–Crippen LogP) is 4.27. The minimum Gasteiger partial charge on any atom is -0.361 e. The fourth-order valence-electron chi connectivity index (χ4n) is 2.79. The van der Waals surface area contributed by atoms with E-state index in [1.165, 1.54) is 6.92 Å². The molecule has 3 rings (SSSR count). The summed E-state index contributed by atoms with van der Waals surface area (Å²) in [6.45, 7) is 1.39. The Morgan fingerprint density at radius 1 is 1.23 bits per heavy atom. The van der Waals surface area contributed by atoms with Crippen LogP contribution in [0, 0.1) is 0 Å². The molecular formula is C19H17BrClN3O2. The van der Waals surface area contributed by atoms with Gasteiger partial charge in [0.2, 0.25) is 11.8 Å². The standard InChI is InChI=1S/C19H17BrClN3O2/c1-11(25)23-18(8-12-10-22-16-5-3-2-4-14(12)16)19(26)24-17-7-6-13(20)9-15(17)21/h2-7,9-10,18,22H,8H2,1H3,(H,23,25)(H,24,26). The molecule has 3 aromatic rings. The van der Waals surface area contributed by atoms with E-state index in [4.69, 9.17) is 11.6 Å². The van der Waals surface area contributed by atoms with Crippen molar-refractivity contribution in [1.82, 2.24) is 10.3 Å². The molecule has 7 heteroatoms. The second-order valence-electron chi connectivity index (χ2n) is 5.93. The van der Waals surface area contributed by atoms with Gasteiger partial charge in [-0.25, -0.2) is 0 Å². The monoisotopic (exact) mass is 433 g/mol. The maximum Gasteiger partial charge on any atom is 0.247 e. The SMILES string of the molecule is CC(=O)NC(Cc1c[nH]c2ccccc12)C(=O)Nc1ccc(Br)cc1Cl. The lowest BCUT2D eigenvalue weighted by Crippen LogP contribution is -2.44. The van der Waals surface area contributed by atoms with Crippen molar-refractivity contribution < 1.29 is 9.59 Å². The fraction of sp³-hybridized carbons (Fsp3) is 0.158. The normalized spacial score (nSPS) is 12.0. The van der Waals surface area contributed by atoms with E-state index in [-0.39, 0.29) is 11.8 Å². The summed E-state index contributed by atoms with van der Waals surface area (Å²) in [5.74, 6) is -0.596. The first-order chi connectivity index (χ1) is 12.4. The highest BCUT2D eigenvalue weighted by atomic mass is 79.9. The summed E-state index contributed by atoms with van der Waals surface area (Å²) < 4.78 is 0.817. The summed E-state index contributed by atoms with van der Waals surface area (Å²) in [5, 5.41) is 6.95. The Hall–Kier alpha value is -2.31. The van der Waals surface area contributed by atoms with Gasteiger partial charge in [0.15, 0.2) is 0 Å². The van der Waals surface area contributed by atoms with Crippen molar-refractivity contribution in [3.63, 3.8) is 0 Å². The Morgan fingerprint density at radius 2 is 2.00 bits per heavy atom. The number of carbonyl (C=O) groups excluding carboxylic acids is 2. The fourth-order valence-corrected chi connectivity index (χ4v) is 3.51. The quantitative estimate of drug-likeness (QED) is 0.561. The molecule has 0 spiro atoms. The van der Waals surface area contributed by atoms with Crippen molar-refractivity contribution in [2.75, 3.05) is 5.32 Å². The molecule has 26 heavy (non-hydrogen) atoms. The predicted molar refractivity (Wildman–Crippen MR) is 107 cm³/mol. The number of carbonyl (C=O) groups is 2. The number of rotatable bonds is 5. The van der Waals surface area contributed by atoms with Gasteiger partial charge in [0, 0.05) is 34.9 Å². The first-order valence-electron chi connectivity index (χ1n) is 8.02. The van der Waals surface area contributed by atoms with Crippen LogP contribution in [0.5, 0.6) is 0 Å². The lowest BCUT2D eigenvalue weighted by molar-refractivity contribution is -0.125. The molecule has 1 atom stereocenters. The summed E-state index contributed by atoms with van der Waals surface area (Å²) in [6.07, 6.45) is 2.23. The molecule has 0 saturated heterocycles. The zero-order valence-corrected chi connectivity index (χ0v) is 16.3. The minimum atomic E-state index is -0.716. The van der Waals surface area contributed by atoms with Gasteiger partial charge in [0.1, 0.15) is 6.04 Å². The average molecular weight is 435 g/mol. The third-order valence-corrected chi connectivity index (χ3v) is 4.79. The van der Waals surface area contributed by atoms with E-state index in [2.05, 4.69) is 31.5 Å². The van der Waals surface area contributed by atoms with Gasteiger partial charge in [-0.1, -0.05) is 45.7 Å². The lowest BCUT2D eigenvalue weighted by atomic mass is 10.0. The van der Waals surface area contributed by atoms with Crippen LogP contribution < -0.4 is 10.6 Å². The van der Waals surface area contributed by atoms with Gasteiger partial charge in [0.05, 0.1) is 10.7 Å². The number of aromatic nitrogens is 1. The van der Waals surface area contributed by atoms with Crippen LogP contribution in [0.1, 0.15) is 12.5 Å². The molecule has 134 valence electrons. The number of H-pyrrole nitrogens is 1. The molecule has 1 unspecified atom stereocenters. The summed E-state index contributed by atoms with van der Waals surface area (Å²) in [7, 11) is 0. The van der Waals surface area contributed by atoms with Gasteiger partial charge in [-0.15, -0.1) is 0 Å². The van der Waals surface area contributed by atoms with E-state index in [9.17, 15) is 9.59 Å². The smallest absolute Gasteiger partial charge is 0.247 e. The number of halogens is 2. The summed E-state index contributed by atoms with van der Waals surface area (Å²) in [4.78, 5) is 27.5. The molecule has 1 heterocycles. The Labute approximate surface area is 164 Å². The molecule has 2 aromatic carbocycles. The van der Waals surface area contributed by atoms with Crippen molar-refractivity contribution in [1.29, 1.82) is 0 Å². The highest BCUT2D eigenvalue weighted by Gasteiger charge is 2.22. The molecule has 0 aliphatic carbocycles. The van der Waals surface area contributed by atoms with Crippen LogP contribution in [0.15, 0.2) is 53.1 Å². The zero-order valence-electron chi connectivity index (χ0n) is 14.0. The molecule has 5 nitrogen and oxygen atoms in total. The van der Waals surface area contributed by atoms with Crippen molar-refractivity contribution in [3.8, 4) is 0 Å². The first kappa shape index (κ1) is 18.5. The highest BCUT2D eigenvalue weighted by Crippen LogP contribution is 2.26. The summed E-state index contributed by atoms with van der Waals surface area (Å²) in [5.41, 5.74) is 2.44. The van der Waals surface area contributed by atoms with E-state index in [0.717, 1.165) is 20.9 Å². The molecule has 1 aromatic heterocycles. The molecular weight excluding hydrogens is 418 g/mol. The average Bonchev–Trinajstić information content (AvgIpc) is 2.99. The number of amides is 2. The highest BCUT2D eigenvalue weighted by molar-refractivity contribution is 9.10. The van der Waals surface area contributed by atoms with Crippen molar-refractivity contribution in [3.05, 3.63) is 63.7 Å². The number of aromatic amines is 1. The molecule has 0 aliphatic heterocycles. The molecule has 0 aliphatic rings. The molecule has 0 bridgehead atoms. The third kappa shape index (κ3) is 4.26. The van der Waals surface area contributed by atoms with Gasteiger partial charge in [-0.2, -0.15) is 0 Å². The third-order valence-electron chi connectivity index (χ3n) is 3.98. The van der Waals surface area contributed by atoms with Crippen molar-refractivity contribution in [2.24, 2.45) is 0 Å². The maximum atomic E-state index is 12.7. The lowest BCUT2D eigenvalue weighted by Gasteiger charge is -2.18. The second-order valence-corrected chi connectivity index (χ2v) is 7.25. The van der Waals surface area contributed by atoms with Gasteiger partial charge in [-0.05, 0) is 29.8 Å². The maximum absolute atomic E-state index is 12.7. The second kappa shape index (κ2) is 7.93. The number of para-hydroxylation sites is 1. The van der Waals surface area contributed by atoms with Gasteiger partial charge >= 0.3 is 0 Å². The van der Waals surface area contributed by atoms with Crippen LogP contribution in [0.3, 0.4) is 0 Å². The zero-order chi connectivity index (χ0) is 18.7. The van der Waals surface area contributed by atoms with Crippen LogP contribution in [-0.4, -0.2) is 22.8 Å². The molecule has 3 N–H and O–H groups in total. The Balaban J connectivity index is 1.83. The number of anilines is 1. The summed E-state index contributed by atoms with van der Waals surface area (Å²) in [6, 6.07) is 12.3. The number of nitrogens with one attached hydrogen (secondary N) is 3. The Morgan fingerprint density at radius 3 is 2.73 bits per heavy atom. The van der Waals surface area contributed by atoms with Gasteiger partial charge < -0.3 is 15.6 Å². The minimum absolute atomic E-state index is 0.271. The molecule has 2 amide bonds. The topological polar surface area (TPSA) is 74.0 Å². The number of hydrogen-bond acceptors (Lipinski definition) is 2. The van der Waals surface area contributed by atoms with E-state index >= 15 is 0 Å². The van der Waals surface area contributed by atoms with Crippen molar-refractivity contribution >= 4 is 55.9 Å². The van der Waals surface area contributed by atoms with Crippen LogP contribution in [0.25, 0.3) is 10.9 Å². The number of fused-ring (bicyclic) bond motifs is 1. The summed E-state index contributed by atoms with van der Waals surface area (Å²) >= 11 is 9.50. The van der Waals surface area contributed by atoms with E-state index in [0.29, 0.717) is 17.1 Å². The van der Waals surface area contributed by atoms with Crippen molar-refractivity contribution in [2.45, 2.75) is 19.4 Å². The van der Waals surface area contributed by atoms with E-state index in [1.807, 2.05) is 30.5 Å². The van der Waals surface area contributed by atoms with Gasteiger partial charge in [-0.3, -0.25) is 9.59 Å². The van der Waals surface area contributed by atoms with E-state index < -0.39 is 6.04 Å².